The SMILES string of the molecule is CCc1c(C(C)CC)nc2nc3ccccc3n2c1OC(=O)OC(C)(C)C. The average molecular weight is 369 g/mol. The van der Waals surface area contributed by atoms with Gasteiger partial charge in [0.1, 0.15) is 5.60 Å². The molecule has 3 rings (SSSR count). The molecule has 2 heterocycles. The maximum Gasteiger partial charge on any atom is 0.515 e. The highest BCUT2D eigenvalue weighted by Crippen LogP contribution is 2.33. The van der Waals surface area contributed by atoms with E-state index in [1.54, 1.807) is 0 Å². The molecule has 6 nitrogen and oxygen atoms in total. The zero-order valence-electron chi connectivity index (χ0n) is 16.9. The van der Waals surface area contributed by atoms with E-state index in [2.05, 4.69) is 18.8 Å². The summed E-state index contributed by atoms with van der Waals surface area (Å²) in [5.74, 6) is 1.20. The second kappa shape index (κ2) is 7.18. The number of rotatable bonds is 4. The van der Waals surface area contributed by atoms with E-state index in [4.69, 9.17) is 14.5 Å². The Bertz CT molecular complexity index is 986. The average Bonchev–Trinajstić information content (AvgIpc) is 2.97. The smallest absolute Gasteiger partial charge is 0.428 e. The number of ether oxygens (including phenoxy) is 2. The zero-order chi connectivity index (χ0) is 19.8. The molecule has 0 radical (unpaired) electrons. The van der Waals surface area contributed by atoms with Gasteiger partial charge in [0.15, 0.2) is 0 Å². The largest absolute Gasteiger partial charge is 0.515 e. The van der Waals surface area contributed by atoms with Crippen LogP contribution in [0.3, 0.4) is 0 Å². The van der Waals surface area contributed by atoms with Gasteiger partial charge in [-0.1, -0.05) is 32.9 Å². The number of fused-ring (bicyclic) bond motifs is 3. The molecular weight excluding hydrogens is 342 g/mol. The Labute approximate surface area is 159 Å². The van der Waals surface area contributed by atoms with E-state index in [1.807, 2.05) is 56.4 Å². The van der Waals surface area contributed by atoms with Crippen molar-refractivity contribution in [3.63, 3.8) is 0 Å². The minimum absolute atomic E-state index is 0.228. The van der Waals surface area contributed by atoms with Gasteiger partial charge in [0, 0.05) is 5.56 Å². The Morgan fingerprint density at radius 1 is 1.19 bits per heavy atom. The van der Waals surface area contributed by atoms with Crippen molar-refractivity contribution < 1.29 is 14.3 Å². The molecule has 0 amide bonds. The number of imidazole rings is 1. The van der Waals surface area contributed by atoms with Crippen LogP contribution in [0, 0.1) is 0 Å². The van der Waals surface area contributed by atoms with Crippen molar-refractivity contribution in [3.05, 3.63) is 35.5 Å². The predicted molar refractivity (Wildman–Crippen MR) is 105 cm³/mol. The topological polar surface area (TPSA) is 65.7 Å². The monoisotopic (exact) mass is 369 g/mol. The molecule has 0 N–H and O–H groups in total. The molecule has 6 heteroatoms. The van der Waals surface area contributed by atoms with Crippen molar-refractivity contribution in [3.8, 4) is 5.88 Å². The molecule has 0 fully saturated rings. The second-order valence-corrected chi connectivity index (χ2v) is 7.75. The van der Waals surface area contributed by atoms with Crippen LogP contribution in [0.15, 0.2) is 24.3 Å². The molecule has 1 unspecified atom stereocenters. The molecule has 1 aromatic carbocycles. The molecule has 27 heavy (non-hydrogen) atoms. The molecule has 1 atom stereocenters. The summed E-state index contributed by atoms with van der Waals surface area (Å²) in [6.07, 6.45) is 0.896. The molecule has 0 aliphatic heterocycles. The van der Waals surface area contributed by atoms with Gasteiger partial charge in [0.25, 0.3) is 0 Å². The standard InChI is InChI=1S/C21H27N3O3/c1-7-13(3)17-14(8-2)18(26-20(25)27-21(4,5)6)24-16-12-10-9-11-15(16)22-19(24)23-17/h9-13H,7-8H2,1-6H3. The number of nitrogens with zero attached hydrogens (tertiary/aromatic N) is 3. The Kier molecular flexibility index (Phi) is 5.09. The summed E-state index contributed by atoms with van der Waals surface area (Å²) >= 11 is 0. The molecule has 0 bridgehead atoms. The number of hydrogen-bond donors (Lipinski definition) is 0. The van der Waals surface area contributed by atoms with Gasteiger partial charge in [-0.15, -0.1) is 0 Å². The first-order valence-electron chi connectivity index (χ1n) is 9.46. The van der Waals surface area contributed by atoms with Gasteiger partial charge in [-0.25, -0.2) is 19.2 Å². The van der Waals surface area contributed by atoms with E-state index >= 15 is 0 Å². The third-order valence-electron chi connectivity index (χ3n) is 4.54. The Morgan fingerprint density at radius 2 is 1.89 bits per heavy atom. The highest BCUT2D eigenvalue weighted by Gasteiger charge is 2.25. The van der Waals surface area contributed by atoms with Gasteiger partial charge in [-0.3, -0.25) is 0 Å². The lowest BCUT2D eigenvalue weighted by molar-refractivity contribution is 0.0193. The van der Waals surface area contributed by atoms with Gasteiger partial charge >= 0.3 is 6.16 Å². The summed E-state index contributed by atoms with van der Waals surface area (Å²) in [5, 5.41) is 0. The van der Waals surface area contributed by atoms with Crippen LogP contribution in [-0.4, -0.2) is 26.1 Å². The van der Waals surface area contributed by atoms with Gasteiger partial charge in [-0.2, -0.15) is 0 Å². The van der Waals surface area contributed by atoms with Crippen LogP contribution in [-0.2, 0) is 11.2 Å². The summed E-state index contributed by atoms with van der Waals surface area (Å²) in [6.45, 7) is 11.7. The van der Waals surface area contributed by atoms with Crippen LogP contribution < -0.4 is 4.74 Å². The lowest BCUT2D eigenvalue weighted by Gasteiger charge is -2.21. The van der Waals surface area contributed by atoms with Crippen molar-refractivity contribution >= 4 is 23.0 Å². The van der Waals surface area contributed by atoms with Crippen molar-refractivity contribution in [2.75, 3.05) is 0 Å². The van der Waals surface area contributed by atoms with Crippen LogP contribution in [0.4, 0.5) is 4.79 Å². The van der Waals surface area contributed by atoms with Crippen molar-refractivity contribution in [1.82, 2.24) is 14.4 Å². The molecule has 0 saturated heterocycles. The van der Waals surface area contributed by atoms with Crippen molar-refractivity contribution in [1.29, 1.82) is 0 Å². The van der Waals surface area contributed by atoms with Gasteiger partial charge < -0.3 is 9.47 Å². The minimum atomic E-state index is -0.724. The van der Waals surface area contributed by atoms with E-state index in [0.717, 1.165) is 28.7 Å². The highest BCUT2D eigenvalue weighted by atomic mass is 16.7. The molecule has 0 saturated carbocycles. The van der Waals surface area contributed by atoms with Gasteiger partial charge in [0.2, 0.25) is 11.7 Å². The highest BCUT2D eigenvalue weighted by molar-refractivity contribution is 5.81. The molecule has 2 aromatic heterocycles. The first-order valence-corrected chi connectivity index (χ1v) is 9.46. The number of hydrogen-bond acceptors (Lipinski definition) is 5. The molecule has 3 aromatic rings. The molecular formula is C21H27N3O3. The van der Waals surface area contributed by atoms with Gasteiger partial charge in [0.05, 0.1) is 16.7 Å². The molecule has 144 valence electrons. The third-order valence-corrected chi connectivity index (χ3v) is 4.54. The normalized spacial score (nSPS) is 13.1. The van der Waals surface area contributed by atoms with E-state index in [-0.39, 0.29) is 5.92 Å². The van der Waals surface area contributed by atoms with Crippen molar-refractivity contribution in [2.45, 2.75) is 65.9 Å². The fourth-order valence-corrected chi connectivity index (χ4v) is 3.10. The van der Waals surface area contributed by atoms with E-state index in [1.165, 1.54) is 0 Å². The minimum Gasteiger partial charge on any atom is -0.428 e. The zero-order valence-corrected chi connectivity index (χ0v) is 16.9. The van der Waals surface area contributed by atoms with Crippen molar-refractivity contribution in [2.24, 2.45) is 0 Å². The number of carbonyl (C=O) groups is 1. The number of carbonyl (C=O) groups excluding carboxylic acids is 1. The summed E-state index contributed by atoms with van der Waals surface area (Å²) in [4.78, 5) is 21.9. The first kappa shape index (κ1) is 19.1. The third kappa shape index (κ3) is 3.75. The second-order valence-electron chi connectivity index (χ2n) is 7.75. The number of para-hydroxylation sites is 2. The van der Waals surface area contributed by atoms with E-state index < -0.39 is 11.8 Å². The Balaban J connectivity index is 2.27. The first-order chi connectivity index (χ1) is 12.7. The van der Waals surface area contributed by atoms with E-state index in [0.29, 0.717) is 18.1 Å². The maximum atomic E-state index is 12.4. The van der Waals surface area contributed by atoms with Crippen LogP contribution in [0.1, 0.15) is 65.1 Å². The quantitative estimate of drug-likeness (QED) is 0.586. The predicted octanol–water partition coefficient (Wildman–Crippen LogP) is 5.27. The Hall–Kier alpha value is -2.63. The summed E-state index contributed by atoms with van der Waals surface area (Å²) in [7, 11) is 0. The lowest BCUT2D eigenvalue weighted by atomic mass is 9.99. The Morgan fingerprint density at radius 3 is 2.52 bits per heavy atom. The summed E-state index contributed by atoms with van der Waals surface area (Å²) < 4.78 is 12.9. The summed E-state index contributed by atoms with van der Waals surface area (Å²) in [5.41, 5.74) is 2.85. The van der Waals surface area contributed by atoms with Crippen LogP contribution >= 0.6 is 0 Å². The molecule has 0 aliphatic carbocycles. The van der Waals surface area contributed by atoms with Crippen LogP contribution in [0.2, 0.25) is 0 Å². The van der Waals surface area contributed by atoms with Crippen LogP contribution in [0.5, 0.6) is 5.88 Å². The number of aromatic nitrogens is 3. The fraction of sp³-hybridized carbons (Fsp3) is 0.476. The van der Waals surface area contributed by atoms with Crippen LogP contribution in [0.25, 0.3) is 16.8 Å². The molecule has 0 aliphatic rings. The summed E-state index contributed by atoms with van der Waals surface area (Å²) in [6, 6.07) is 7.73. The number of benzene rings is 1. The lowest BCUT2D eigenvalue weighted by Crippen LogP contribution is -2.27. The fourth-order valence-electron chi connectivity index (χ4n) is 3.10. The maximum absolute atomic E-state index is 12.4. The van der Waals surface area contributed by atoms with E-state index in [9.17, 15) is 4.79 Å². The van der Waals surface area contributed by atoms with Gasteiger partial charge in [-0.05, 0) is 51.7 Å². The molecule has 0 spiro atoms.